The first-order valence-corrected chi connectivity index (χ1v) is 11.9. The second kappa shape index (κ2) is 11.6. The molecule has 3 rings (SSSR count). The fourth-order valence-electron chi connectivity index (χ4n) is 2.90. The van der Waals surface area contributed by atoms with Crippen molar-refractivity contribution in [2.24, 2.45) is 0 Å². The van der Waals surface area contributed by atoms with Crippen molar-refractivity contribution < 1.29 is 9.59 Å². The molecule has 11 heteroatoms. The predicted octanol–water partition coefficient (Wildman–Crippen LogP) is 5.65. The minimum absolute atomic E-state index is 0.124. The Balaban J connectivity index is 1.67. The van der Waals surface area contributed by atoms with E-state index in [0.717, 1.165) is 0 Å². The van der Waals surface area contributed by atoms with Crippen LogP contribution in [0.25, 0.3) is 0 Å². The second-order valence-corrected chi connectivity index (χ2v) is 9.13. The number of rotatable bonds is 9. The monoisotopic (exact) mass is 523 g/mol. The quantitative estimate of drug-likeness (QED) is 0.279. The van der Waals surface area contributed by atoms with Gasteiger partial charge in [0.25, 0.3) is 5.91 Å². The molecule has 0 aliphatic rings. The fraction of sp³-hybridized carbons (Fsp3) is 0.182. The van der Waals surface area contributed by atoms with Gasteiger partial charge in [0, 0.05) is 22.3 Å². The van der Waals surface area contributed by atoms with Gasteiger partial charge in [0.05, 0.1) is 22.4 Å². The van der Waals surface area contributed by atoms with Crippen molar-refractivity contribution in [1.29, 1.82) is 0 Å². The van der Waals surface area contributed by atoms with Gasteiger partial charge in [-0.2, -0.15) is 0 Å². The highest BCUT2D eigenvalue weighted by atomic mass is 35.5. The van der Waals surface area contributed by atoms with Crippen LogP contribution in [-0.4, -0.2) is 32.3 Å². The number of carbonyl (C=O) groups is 2. The van der Waals surface area contributed by atoms with Gasteiger partial charge in [-0.3, -0.25) is 9.59 Å². The summed E-state index contributed by atoms with van der Waals surface area (Å²) in [5, 5.41) is 15.9. The van der Waals surface area contributed by atoms with Crippen LogP contribution in [0.2, 0.25) is 15.1 Å². The Morgan fingerprint density at radius 3 is 2.48 bits per heavy atom. The van der Waals surface area contributed by atoms with Crippen molar-refractivity contribution in [3.63, 3.8) is 0 Å². The molecule has 0 radical (unpaired) electrons. The fourth-order valence-corrected chi connectivity index (χ4v) is 4.28. The largest absolute Gasteiger partial charge is 0.342 e. The zero-order valence-corrected chi connectivity index (χ0v) is 20.6. The third kappa shape index (κ3) is 6.74. The normalized spacial score (nSPS) is 11.6. The first-order valence-electron chi connectivity index (χ1n) is 9.76. The first kappa shape index (κ1) is 25.1. The minimum atomic E-state index is -0.478. The molecule has 0 unspecified atom stereocenters. The van der Waals surface area contributed by atoms with Crippen molar-refractivity contribution in [3.8, 4) is 0 Å². The third-order valence-corrected chi connectivity index (χ3v) is 6.19. The maximum absolute atomic E-state index is 12.7. The summed E-state index contributed by atoms with van der Waals surface area (Å²) in [6, 6.07) is 11.0. The van der Waals surface area contributed by atoms with Crippen LogP contribution in [0.15, 0.2) is 60.3 Å². The van der Waals surface area contributed by atoms with E-state index in [1.165, 1.54) is 17.8 Å². The van der Waals surface area contributed by atoms with E-state index >= 15 is 0 Å². The molecule has 0 saturated heterocycles. The molecule has 0 aliphatic heterocycles. The third-order valence-electron chi connectivity index (χ3n) is 4.43. The van der Waals surface area contributed by atoms with Crippen molar-refractivity contribution in [1.82, 2.24) is 20.1 Å². The summed E-state index contributed by atoms with van der Waals surface area (Å²) in [4.78, 5) is 25.0. The SMILES string of the molecule is C=CCn1c(SCC(=O)Nc2ccc(Cl)cc2)nnc1[C@H](C)NC(=O)c1ccc(Cl)cc1Cl. The number of anilines is 1. The molecule has 1 aromatic heterocycles. The molecule has 172 valence electrons. The molecule has 0 spiro atoms. The Hall–Kier alpha value is -2.52. The molecule has 1 atom stereocenters. The lowest BCUT2D eigenvalue weighted by atomic mass is 10.2. The summed E-state index contributed by atoms with van der Waals surface area (Å²) in [7, 11) is 0. The van der Waals surface area contributed by atoms with Gasteiger partial charge in [0.15, 0.2) is 11.0 Å². The van der Waals surface area contributed by atoms with E-state index in [-0.39, 0.29) is 22.6 Å². The van der Waals surface area contributed by atoms with E-state index in [2.05, 4.69) is 27.4 Å². The minimum Gasteiger partial charge on any atom is -0.342 e. The average Bonchev–Trinajstić information content (AvgIpc) is 3.17. The lowest BCUT2D eigenvalue weighted by Crippen LogP contribution is -2.29. The zero-order chi connectivity index (χ0) is 24.0. The van der Waals surface area contributed by atoms with Gasteiger partial charge in [-0.1, -0.05) is 52.6 Å². The zero-order valence-electron chi connectivity index (χ0n) is 17.5. The van der Waals surface area contributed by atoms with Crippen LogP contribution in [-0.2, 0) is 11.3 Å². The first-order chi connectivity index (χ1) is 15.8. The van der Waals surface area contributed by atoms with E-state index in [9.17, 15) is 9.59 Å². The number of allylic oxidation sites excluding steroid dienone is 1. The van der Waals surface area contributed by atoms with E-state index in [4.69, 9.17) is 34.8 Å². The number of thioether (sulfide) groups is 1. The average molecular weight is 525 g/mol. The Morgan fingerprint density at radius 1 is 1.12 bits per heavy atom. The van der Waals surface area contributed by atoms with Gasteiger partial charge < -0.3 is 15.2 Å². The predicted molar refractivity (Wildman–Crippen MR) is 133 cm³/mol. The van der Waals surface area contributed by atoms with Gasteiger partial charge in [-0.05, 0) is 49.4 Å². The van der Waals surface area contributed by atoms with Crippen LogP contribution >= 0.6 is 46.6 Å². The molecule has 0 aliphatic carbocycles. The van der Waals surface area contributed by atoms with E-state index < -0.39 is 6.04 Å². The number of nitrogens with one attached hydrogen (secondary N) is 2. The van der Waals surface area contributed by atoms with Crippen LogP contribution in [0.3, 0.4) is 0 Å². The molecule has 2 N–H and O–H groups in total. The number of hydrogen-bond acceptors (Lipinski definition) is 5. The standard InChI is InChI=1S/C22H20Cl3N5O2S/c1-3-10-30-20(13(2)26-21(32)17-9-6-15(24)11-18(17)25)28-29-22(30)33-12-19(31)27-16-7-4-14(23)5-8-16/h3-9,11,13H,1,10,12H2,2H3,(H,26,32)(H,27,31)/t13-/m0/s1. The lowest BCUT2D eigenvalue weighted by Gasteiger charge is -2.16. The molecule has 0 fully saturated rings. The Kier molecular flexibility index (Phi) is 8.80. The number of benzene rings is 2. The summed E-state index contributed by atoms with van der Waals surface area (Å²) in [6.07, 6.45) is 1.69. The second-order valence-electron chi connectivity index (χ2n) is 6.90. The van der Waals surface area contributed by atoms with Gasteiger partial charge in [-0.25, -0.2) is 0 Å². The summed E-state index contributed by atoms with van der Waals surface area (Å²) in [5.74, 6) is 0.0810. The van der Waals surface area contributed by atoms with Crippen LogP contribution in [0, 0.1) is 0 Å². The van der Waals surface area contributed by atoms with Gasteiger partial charge >= 0.3 is 0 Å². The highest BCUT2D eigenvalue weighted by molar-refractivity contribution is 7.99. The molecular formula is C22H20Cl3N5O2S. The molecule has 2 amide bonds. The highest BCUT2D eigenvalue weighted by Crippen LogP contribution is 2.24. The lowest BCUT2D eigenvalue weighted by molar-refractivity contribution is -0.113. The summed E-state index contributed by atoms with van der Waals surface area (Å²) < 4.78 is 1.79. The Labute approximate surface area is 210 Å². The Bertz CT molecular complexity index is 1170. The Morgan fingerprint density at radius 2 is 1.82 bits per heavy atom. The number of aromatic nitrogens is 3. The molecule has 33 heavy (non-hydrogen) atoms. The topological polar surface area (TPSA) is 88.9 Å². The van der Waals surface area contributed by atoms with Gasteiger partial charge in [-0.15, -0.1) is 16.8 Å². The van der Waals surface area contributed by atoms with E-state index in [1.807, 2.05) is 0 Å². The number of hydrogen-bond donors (Lipinski definition) is 2. The van der Waals surface area contributed by atoms with E-state index in [0.29, 0.717) is 38.8 Å². The van der Waals surface area contributed by atoms with Crippen molar-refractivity contribution in [2.75, 3.05) is 11.1 Å². The van der Waals surface area contributed by atoms with Gasteiger partial charge in [0.2, 0.25) is 5.91 Å². The molecular weight excluding hydrogens is 505 g/mol. The number of halogens is 3. The molecule has 1 heterocycles. The van der Waals surface area contributed by atoms with Crippen LogP contribution in [0.1, 0.15) is 29.1 Å². The maximum Gasteiger partial charge on any atom is 0.253 e. The number of amides is 2. The molecule has 0 bridgehead atoms. The number of carbonyl (C=O) groups excluding carboxylic acids is 2. The highest BCUT2D eigenvalue weighted by Gasteiger charge is 2.21. The van der Waals surface area contributed by atoms with E-state index in [1.54, 1.807) is 54.0 Å². The molecule has 3 aromatic rings. The van der Waals surface area contributed by atoms with Crippen molar-refractivity contribution in [3.05, 3.63) is 81.6 Å². The molecule has 7 nitrogen and oxygen atoms in total. The van der Waals surface area contributed by atoms with Crippen LogP contribution in [0.5, 0.6) is 0 Å². The summed E-state index contributed by atoms with van der Waals surface area (Å²) >= 11 is 19.1. The molecule has 2 aromatic carbocycles. The van der Waals surface area contributed by atoms with Crippen LogP contribution in [0.4, 0.5) is 5.69 Å². The maximum atomic E-state index is 12.7. The van der Waals surface area contributed by atoms with Crippen LogP contribution < -0.4 is 10.6 Å². The van der Waals surface area contributed by atoms with Gasteiger partial charge in [0.1, 0.15) is 0 Å². The summed E-state index contributed by atoms with van der Waals surface area (Å²) in [5.41, 5.74) is 0.951. The smallest absolute Gasteiger partial charge is 0.253 e. The number of nitrogens with zero attached hydrogens (tertiary/aromatic N) is 3. The van der Waals surface area contributed by atoms with Crippen molar-refractivity contribution >= 4 is 64.1 Å². The molecule has 0 saturated carbocycles. The summed E-state index contributed by atoms with van der Waals surface area (Å²) in [6.45, 7) is 5.96. The van der Waals surface area contributed by atoms with Crippen molar-refractivity contribution in [2.45, 2.75) is 24.7 Å².